The molecule has 0 saturated carbocycles. The SMILES string of the molecule is CNCCc1nnc(C2CCSC2)o1. The molecular weight excluding hydrogens is 198 g/mol. The molecule has 78 valence electrons. The van der Waals surface area contributed by atoms with E-state index >= 15 is 0 Å². The number of hydrogen-bond acceptors (Lipinski definition) is 5. The molecule has 1 unspecified atom stereocenters. The zero-order valence-corrected chi connectivity index (χ0v) is 9.14. The normalized spacial score (nSPS) is 21.6. The molecule has 1 atom stereocenters. The molecule has 0 bridgehead atoms. The minimum atomic E-state index is 0.496. The molecule has 5 heteroatoms. The van der Waals surface area contributed by atoms with Crippen LogP contribution in [0.2, 0.25) is 0 Å². The molecule has 0 spiro atoms. The Bertz CT molecular complexity index is 283. The summed E-state index contributed by atoms with van der Waals surface area (Å²) in [6, 6.07) is 0. The number of nitrogens with zero attached hydrogens (tertiary/aromatic N) is 2. The van der Waals surface area contributed by atoms with Crippen LogP contribution in [0.3, 0.4) is 0 Å². The highest BCUT2D eigenvalue weighted by Gasteiger charge is 2.22. The number of aromatic nitrogens is 2. The lowest BCUT2D eigenvalue weighted by Gasteiger charge is -1.99. The summed E-state index contributed by atoms with van der Waals surface area (Å²) in [5.41, 5.74) is 0. The van der Waals surface area contributed by atoms with Crippen LogP contribution in [0.4, 0.5) is 0 Å². The maximum atomic E-state index is 5.59. The molecule has 14 heavy (non-hydrogen) atoms. The summed E-state index contributed by atoms with van der Waals surface area (Å²) in [5, 5.41) is 11.2. The van der Waals surface area contributed by atoms with E-state index in [1.807, 2.05) is 18.8 Å². The van der Waals surface area contributed by atoms with E-state index in [9.17, 15) is 0 Å². The van der Waals surface area contributed by atoms with Crippen molar-refractivity contribution in [2.45, 2.75) is 18.8 Å². The van der Waals surface area contributed by atoms with Crippen molar-refractivity contribution in [1.29, 1.82) is 0 Å². The quantitative estimate of drug-likeness (QED) is 0.810. The molecule has 0 radical (unpaired) electrons. The van der Waals surface area contributed by atoms with Gasteiger partial charge in [-0.05, 0) is 19.2 Å². The molecule has 2 heterocycles. The van der Waals surface area contributed by atoms with Gasteiger partial charge in [-0.1, -0.05) is 0 Å². The Morgan fingerprint density at radius 3 is 3.21 bits per heavy atom. The molecule has 0 aliphatic carbocycles. The minimum Gasteiger partial charge on any atom is -0.425 e. The Balaban J connectivity index is 1.94. The lowest BCUT2D eigenvalue weighted by atomic mass is 10.1. The van der Waals surface area contributed by atoms with E-state index in [1.54, 1.807) is 0 Å². The second-order valence-corrected chi connectivity index (χ2v) is 4.60. The largest absolute Gasteiger partial charge is 0.425 e. The molecule has 1 aliphatic rings. The Labute approximate surface area is 87.9 Å². The van der Waals surface area contributed by atoms with E-state index in [0.29, 0.717) is 5.92 Å². The van der Waals surface area contributed by atoms with Crippen molar-refractivity contribution in [2.75, 3.05) is 25.1 Å². The van der Waals surface area contributed by atoms with Gasteiger partial charge in [0.1, 0.15) is 0 Å². The third-order valence-corrected chi connectivity index (χ3v) is 3.51. The second-order valence-electron chi connectivity index (χ2n) is 3.45. The summed E-state index contributed by atoms with van der Waals surface area (Å²) in [7, 11) is 1.92. The molecular formula is C9H15N3OS. The number of nitrogens with one attached hydrogen (secondary N) is 1. The van der Waals surface area contributed by atoms with Crippen molar-refractivity contribution in [2.24, 2.45) is 0 Å². The molecule has 1 fully saturated rings. The molecule has 1 aromatic heterocycles. The van der Waals surface area contributed by atoms with Crippen LogP contribution in [-0.2, 0) is 6.42 Å². The Hall–Kier alpha value is -0.550. The molecule has 1 N–H and O–H groups in total. The van der Waals surface area contributed by atoms with Crippen molar-refractivity contribution in [3.63, 3.8) is 0 Å². The average molecular weight is 213 g/mol. The van der Waals surface area contributed by atoms with Gasteiger partial charge in [0.05, 0.1) is 0 Å². The van der Waals surface area contributed by atoms with Crippen LogP contribution < -0.4 is 5.32 Å². The first kappa shape index (κ1) is 9.98. The van der Waals surface area contributed by atoms with E-state index in [0.717, 1.165) is 30.5 Å². The van der Waals surface area contributed by atoms with Crippen LogP contribution in [0.15, 0.2) is 4.42 Å². The first-order valence-corrected chi connectivity index (χ1v) is 6.10. The molecule has 0 amide bonds. The van der Waals surface area contributed by atoms with Gasteiger partial charge in [-0.3, -0.25) is 0 Å². The Kier molecular flexibility index (Phi) is 3.42. The van der Waals surface area contributed by atoms with Crippen molar-refractivity contribution < 1.29 is 4.42 Å². The van der Waals surface area contributed by atoms with Crippen molar-refractivity contribution in [3.8, 4) is 0 Å². The standard InChI is InChI=1S/C9H15N3OS/c1-10-4-2-8-11-12-9(13-8)7-3-5-14-6-7/h7,10H,2-6H2,1H3. The van der Waals surface area contributed by atoms with Crippen LogP contribution in [0, 0.1) is 0 Å². The summed E-state index contributed by atoms with van der Waals surface area (Å²) in [5.74, 6) is 4.44. The molecule has 0 aromatic carbocycles. The van der Waals surface area contributed by atoms with E-state index in [4.69, 9.17) is 4.42 Å². The number of hydrogen-bond donors (Lipinski definition) is 1. The lowest BCUT2D eigenvalue weighted by molar-refractivity contribution is 0.423. The highest BCUT2D eigenvalue weighted by atomic mass is 32.2. The maximum Gasteiger partial charge on any atom is 0.220 e. The van der Waals surface area contributed by atoms with Gasteiger partial charge in [-0.15, -0.1) is 10.2 Å². The smallest absolute Gasteiger partial charge is 0.220 e. The third kappa shape index (κ3) is 2.27. The zero-order valence-electron chi connectivity index (χ0n) is 8.32. The summed E-state index contributed by atoms with van der Waals surface area (Å²) in [4.78, 5) is 0. The summed E-state index contributed by atoms with van der Waals surface area (Å²) >= 11 is 1.96. The molecule has 1 aliphatic heterocycles. The lowest BCUT2D eigenvalue weighted by Crippen LogP contribution is -2.10. The van der Waals surface area contributed by atoms with Crippen molar-refractivity contribution >= 4 is 11.8 Å². The van der Waals surface area contributed by atoms with Crippen LogP contribution in [0.5, 0.6) is 0 Å². The first-order valence-electron chi connectivity index (χ1n) is 4.95. The van der Waals surface area contributed by atoms with Gasteiger partial charge in [-0.25, -0.2) is 0 Å². The topological polar surface area (TPSA) is 51.0 Å². The fraction of sp³-hybridized carbons (Fsp3) is 0.778. The molecule has 1 aromatic rings. The van der Waals surface area contributed by atoms with E-state index in [-0.39, 0.29) is 0 Å². The molecule has 2 rings (SSSR count). The van der Waals surface area contributed by atoms with Gasteiger partial charge in [0.25, 0.3) is 0 Å². The van der Waals surface area contributed by atoms with Crippen LogP contribution in [0.25, 0.3) is 0 Å². The van der Waals surface area contributed by atoms with E-state index in [1.165, 1.54) is 12.2 Å². The van der Waals surface area contributed by atoms with Crippen LogP contribution in [0.1, 0.15) is 24.1 Å². The fourth-order valence-corrected chi connectivity index (χ4v) is 2.71. The predicted molar refractivity (Wildman–Crippen MR) is 56.6 cm³/mol. The van der Waals surface area contributed by atoms with Crippen molar-refractivity contribution in [1.82, 2.24) is 15.5 Å². The number of rotatable bonds is 4. The van der Waals surface area contributed by atoms with Gasteiger partial charge < -0.3 is 9.73 Å². The van der Waals surface area contributed by atoms with E-state index in [2.05, 4.69) is 15.5 Å². The third-order valence-electron chi connectivity index (χ3n) is 2.35. The van der Waals surface area contributed by atoms with Crippen molar-refractivity contribution in [3.05, 3.63) is 11.8 Å². The van der Waals surface area contributed by atoms with Crippen LogP contribution >= 0.6 is 11.8 Å². The predicted octanol–water partition coefficient (Wildman–Crippen LogP) is 1.05. The van der Waals surface area contributed by atoms with Gasteiger partial charge in [-0.2, -0.15) is 11.8 Å². The fourth-order valence-electron chi connectivity index (χ4n) is 1.49. The van der Waals surface area contributed by atoms with Crippen LogP contribution in [-0.4, -0.2) is 35.3 Å². The second kappa shape index (κ2) is 4.79. The summed E-state index contributed by atoms with van der Waals surface area (Å²) in [6.07, 6.45) is 2.00. The Morgan fingerprint density at radius 1 is 1.57 bits per heavy atom. The Morgan fingerprint density at radius 2 is 2.50 bits per heavy atom. The summed E-state index contributed by atoms with van der Waals surface area (Å²) < 4.78 is 5.59. The average Bonchev–Trinajstić information content (AvgIpc) is 2.85. The minimum absolute atomic E-state index is 0.496. The van der Waals surface area contributed by atoms with Gasteiger partial charge in [0.2, 0.25) is 11.8 Å². The van der Waals surface area contributed by atoms with Gasteiger partial charge >= 0.3 is 0 Å². The summed E-state index contributed by atoms with van der Waals surface area (Å²) in [6.45, 7) is 0.890. The number of likely N-dealkylation sites (N-methyl/N-ethyl adjacent to an activating group) is 1. The number of thioether (sulfide) groups is 1. The van der Waals surface area contributed by atoms with Gasteiger partial charge in [0, 0.05) is 24.6 Å². The molecule has 1 saturated heterocycles. The highest BCUT2D eigenvalue weighted by Crippen LogP contribution is 2.31. The van der Waals surface area contributed by atoms with Gasteiger partial charge in [0.15, 0.2) is 0 Å². The monoisotopic (exact) mass is 213 g/mol. The molecule has 4 nitrogen and oxygen atoms in total. The highest BCUT2D eigenvalue weighted by molar-refractivity contribution is 7.99. The first-order chi connectivity index (χ1) is 6.90. The zero-order chi connectivity index (χ0) is 9.80. The van der Waals surface area contributed by atoms with E-state index < -0.39 is 0 Å². The maximum absolute atomic E-state index is 5.59.